The predicted octanol–water partition coefficient (Wildman–Crippen LogP) is 2.34. The lowest BCUT2D eigenvalue weighted by atomic mass is 10.0. The van der Waals surface area contributed by atoms with Crippen molar-refractivity contribution in [1.29, 1.82) is 0 Å². The molecule has 0 spiro atoms. The SMILES string of the molecule is Cc1cc(OS(C)(=O)=O)cc2c1C(=O)/C(=C/c1ccncc1)O2. The molecular formula is C16H13NO5S. The predicted molar refractivity (Wildman–Crippen MR) is 83.8 cm³/mol. The first-order valence-electron chi connectivity index (χ1n) is 6.72. The lowest BCUT2D eigenvalue weighted by molar-refractivity contribution is 0.101. The van der Waals surface area contributed by atoms with Gasteiger partial charge in [-0.1, -0.05) is 0 Å². The third-order valence-electron chi connectivity index (χ3n) is 3.20. The first-order valence-corrected chi connectivity index (χ1v) is 8.53. The second-order valence-corrected chi connectivity index (χ2v) is 6.70. The van der Waals surface area contributed by atoms with Crippen LogP contribution in [0.4, 0.5) is 0 Å². The van der Waals surface area contributed by atoms with E-state index in [0.29, 0.717) is 11.1 Å². The summed E-state index contributed by atoms with van der Waals surface area (Å²) in [5, 5.41) is 0. The van der Waals surface area contributed by atoms with E-state index in [1.165, 1.54) is 12.1 Å². The Morgan fingerprint density at radius 2 is 1.91 bits per heavy atom. The van der Waals surface area contributed by atoms with Crippen LogP contribution in [0.2, 0.25) is 0 Å². The largest absolute Gasteiger partial charge is 0.452 e. The highest BCUT2D eigenvalue weighted by molar-refractivity contribution is 7.86. The zero-order valence-corrected chi connectivity index (χ0v) is 13.3. The van der Waals surface area contributed by atoms with Crippen LogP contribution in [0.1, 0.15) is 21.5 Å². The third kappa shape index (κ3) is 3.24. The van der Waals surface area contributed by atoms with Gasteiger partial charge in [0.05, 0.1) is 11.8 Å². The van der Waals surface area contributed by atoms with Crippen molar-refractivity contribution >= 4 is 22.0 Å². The molecule has 3 rings (SSSR count). The quantitative estimate of drug-likeness (QED) is 0.634. The van der Waals surface area contributed by atoms with Crippen LogP contribution < -0.4 is 8.92 Å². The van der Waals surface area contributed by atoms with E-state index in [0.717, 1.165) is 11.8 Å². The number of fused-ring (bicyclic) bond motifs is 1. The first-order chi connectivity index (χ1) is 10.8. The van der Waals surface area contributed by atoms with Crippen molar-refractivity contribution in [2.45, 2.75) is 6.92 Å². The van der Waals surface area contributed by atoms with E-state index >= 15 is 0 Å². The fraction of sp³-hybridized carbons (Fsp3) is 0.125. The van der Waals surface area contributed by atoms with Crippen LogP contribution in [-0.4, -0.2) is 25.4 Å². The molecule has 1 aromatic heterocycles. The molecule has 0 atom stereocenters. The molecule has 0 bridgehead atoms. The summed E-state index contributed by atoms with van der Waals surface area (Å²) in [5.74, 6) is 0.321. The summed E-state index contributed by atoms with van der Waals surface area (Å²) in [4.78, 5) is 16.4. The van der Waals surface area contributed by atoms with Crippen LogP contribution in [0, 0.1) is 6.92 Å². The number of pyridine rings is 1. The minimum Gasteiger partial charge on any atom is -0.452 e. The van der Waals surface area contributed by atoms with Crippen molar-refractivity contribution in [3.63, 3.8) is 0 Å². The summed E-state index contributed by atoms with van der Waals surface area (Å²) in [6, 6.07) is 6.39. The number of hydrogen-bond acceptors (Lipinski definition) is 6. The molecule has 1 aliphatic rings. The Balaban J connectivity index is 1.99. The number of rotatable bonds is 3. The molecule has 6 nitrogen and oxygen atoms in total. The van der Waals surface area contributed by atoms with Gasteiger partial charge in [-0.05, 0) is 42.3 Å². The number of ketones is 1. The molecule has 1 aliphatic heterocycles. The van der Waals surface area contributed by atoms with Crippen LogP contribution in [0.15, 0.2) is 42.4 Å². The Morgan fingerprint density at radius 3 is 2.57 bits per heavy atom. The molecule has 2 heterocycles. The molecule has 118 valence electrons. The lowest BCUT2D eigenvalue weighted by Crippen LogP contribution is -2.06. The number of aryl methyl sites for hydroxylation is 1. The number of benzene rings is 1. The minimum atomic E-state index is -3.65. The van der Waals surface area contributed by atoms with Gasteiger partial charge in [-0.3, -0.25) is 9.78 Å². The van der Waals surface area contributed by atoms with E-state index in [1.807, 2.05) is 0 Å². The highest BCUT2D eigenvalue weighted by Gasteiger charge is 2.30. The first kappa shape index (κ1) is 15.2. The van der Waals surface area contributed by atoms with Crippen molar-refractivity contribution in [1.82, 2.24) is 4.98 Å². The second kappa shape index (κ2) is 5.51. The van der Waals surface area contributed by atoms with E-state index in [2.05, 4.69) is 4.98 Å². The minimum absolute atomic E-state index is 0.113. The smallest absolute Gasteiger partial charge is 0.306 e. The highest BCUT2D eigenvalue weighted by atomic mass is 32.2. The zero-order valence-electron chi connectivity index (χ0n) is 12.4. The summed E-state index contributed by atoms with van der Waals surface area (Å²) in [5.41, 5.74) is 1.77. The normalized spacial score (nSPS) is 15.4. The number of aromatic nitrogens is 1. The van der Waals surface area contributed by atoms with Gasteiger partial charge in [-0.15, -0.1) is 0 Å². The molecule has 0 aliphatic carbocycles. The van der Waals surface area contributed by atoms with Crippen LogP contribution in [-0.2, 0) is 10.1 Å². The van der Waals surface area contributed by atoms with Gasteiger partial charge in [0.2, 0.25) is 5.78 Å². The summed E-state index contributed by atoms with van der Waals surface area (Å²) < 4.78 is 32.9. The standard InChI is InChI=1S/C16H13NO5S/c1-10-7-12(22-23(2,19)20)9-13-15(10)16(18)14(21-13)8-11-3-5-17-6-4-11/h3-9H,1-2H3/b14-8-. The number of carbonyl (C=O) groups is 1. The summed E-state index contributed by atoms with van der Waals surface area (Å²) in [6.07, 6.45) is 5.79. The molecule has 0 saturated carbocycles. The maximum Gasteiger partial charge on any atom is 0.306 e. The molecular weight excluding hydrogens is 318 g/mol. The van der Waals surface area contributed by atoms with Crippen LogP contribution in [0.3, 0.4) is 0 Å². The van der Waals surface area contributed by atoms with Crippen LogP contribution in [0.25, 0.3) is 6.08 Å². The molecule has 2 aromatic rings. The van der Waals surface area contributed by atoms with Gasteiger partial charge in [0.25, 0.3) is 0 Å². The maximum atomic E-state index is 12.5. The highest BCUT2D eigenvalue weighted by Crippen LogP contribution is 2.37. The van der Waals surface area contributed by atoms with Crippen molar-refractivity contribution in [2.75, 3.05) is 6.26 Å². The monoisotopic (exact) mass is 331 g/mol. The topological polar surface area (TPSA) is 82.6 Å². The molecule has 0 amide bonds. The Labute approximate surface area is 133 Å². The molecule has 0 N–H and O–H groups in total. The number of ether oxygens (including phenoxy) is 1. The van der Waals surface area contributed by atoms with Crippen molar-refractivity contribution in [3.8, 4) is 11.5 Å². The molecule has 0 fully saturated rings. The zero-order chi connectivity index (χ0) is 16.6. The Bertz CT molecular complexity index is 917. The van der Waals surface area contributed by atoms with E-state index < -0.39 is 10.1 Å². The van der Waals surface area contributed by atoms with Gasteiger partial charge in [0.15, 0.2) is 5.76 Å². The van der Waals surface area contributed by atoms with Crippen LogP contribution in [0.5, 0.6) is 11.5 Å². The summed E-state index contributed by atoms with van der Waals surface area (Å²) in [6.45, 7) is 1.70. The second-order valence-electron chi connectivity index (χ2n) is 5.12. The molecule has 0 radical (unpaired) electrons. The van der Waals surface area contributed by atoms with Gasteiger partial charge in [-0.2, -0.15) is 8.42 Å². The number of nitrogens with zero attached hydrogens (tertiary/aromatic N) is 1. The van der Waals surface area contributed by atoms with Crippen LogP contribution >= 0.6 is 0 Å². The van der Waals surface area contributed by atoms with Crippen molar-refractivity contribution in [2.24, 2.45) is 0 Å². The van der Waals surface area contributed by atoms with Gasteiger partial charge >= 0.3 is 10.1 Å². The lowest BCUT2D eigenvalue weighted by Gasteiger charge is -2.06. The van der Waals surface area contributed by atoms with E-state index in [-0.39, 0.29) is 23.0 Å². The molecule has 0 saturated heterocycles. The maximum absolute atomic E-state index is 12.5. The molecule has 1 aromatic carbocycles. The molecule has 23 heavy (non-hydrogen) atoms. The third-order valence-corrected chi connectivity index (χ3v) is 3.69. The van der Waals surface area contributed by atoms with Crippen molar-refractivity contribution in [3.05, 3.63) is 59.1 Å². The fourth-order valence-electron chi connectivity index (χ4n) is 2.31. The van der Waals surface area contributed by atoms with Gasteiger partial charge < -0.3 is 8.92 Å². The Hall–Kier alpha value is -2.67. The number of hydrogen-bond donors (Lipinski definition) is 0. The number of allylic oxidation sites excluding steroid dienone is 1. The van der Waals surface area contributed by atoms with Gasteiger partial charge in [0, 0.05) is 18.5 Å². The molecule has 7 heteroatoms. The van der Waals surface area contributed by atoms with E-state index in [1.54, 1.807) is 37.5 Å². The molecule has 0 unspecified atom stereocenters. The number of carbonyl (C=O) groups excluding carboxylic acids is 1. The average Bonchev–Trinajstić information content (AvgIpc) is 2.75. The fourth-order valence-corrected chi connectivity index (χ4v) is 2.76. The van der Waals surface area contributed by atoms with Gasteiger partial charge in [-0.25, -0.2) is 0 Å². The Kier molecular flexibility index (Phi) is 3.65. The van der Waals surface area contributed by atoms with Crippen molar-refractivity contribution < 1.29 is 22.1 Å². The number of Topliss-reactive ketones (excluding diaryl/α,β-unsaturated/α-hetero) is 1. The average molecular weight is 331 g/mol. The summed E-state index contributed by atoms with van der Waals surface area (Å²) in [7, 11) is -3.65. The van der Waals surface area contributed by atoms with E-state index in [4.69, 9.17) is 8.92 Å². The summed E-state index contributed by atoms with van der Waals surface area (Å²) >= 11 is 0. The van der Waals surface area contributed by atoms with E-state index in [9.17, 15) is 13.2 Å². The Morgan fingerprint density at radius 1 is 1.22 bits per heavy atom. The van der Waals surface area contributed by atoms with Gasteiger partial charge in [0.1, 0.15) is 11.5 Å².